The molecule has 0 aromatic carbocycles. The van der Waals surface area contributed by atoms with Gasteiger partial charge in [0.25, 0.3) is 0 Å². The molecule has 0 heterocycles. The number of hydrogen-bond donors (Lipinski definition) is 1. The van der Waals surface area contributed by atoms with Crippen molar-refractivity contribution in [1.29, 1.82) is 0 Å². The monoisotopic (exact) mass is 155 g/mol. The molecule has 3 nitrogen and oxygen atoms in total. The fourth-order valence-electron chi connectivity index (χ4n) is 0.646. The van der Waals surface area contributed by atoms with E-state index in [0.717, 1.165) is 0 Å². The normalized spacial score (nSPS) is 11.8. The third-order valence-corrected chi connectivity index (χ3v) is 1.34. The van der Waals surface area contributed by atoms with Crippen molar-refractivity contribution >= 4 is 5.97 Å². The van der Waals surface area contributed by atoms with Gasteiger partial charge in [0.1, 0.15) is 0 Å². The van der Waals surface area contributed by atoms with Gasteiger partial charge in [-0.2, -0.15) is 0 Å². The first-order chi connectivity index (χ1) is 5.17. The molecule has 0 aromatic rings. The van der Waals surface area contributed by atoms with Crippen molar-refractivity contribution in [3.05, 3.63) is 23.9 Å². The SMILES string of the molecule is C=C/C(C(=O)OC)=C(/N)CC. The molecule has 0 aromatic heterocycles. The minimum Gasteiger partial charge on any atom is -0.465 e. The highest BCUT2D eigenvalue weighted by Gasteiger charge is 2.08. The summed E-state index contributed by atoms with van der Waals surface area (Å²) in [6, 6.07) is 0. The van der Waals surface area contributed by atoms with Crippen molar-refractivity contribution in [2.75, 3.05) is 7.11 Å². The van der Waals surface area contributed by atoms with Crippen molar-refractivity contribution in [1.82, 2.24) is 0 Å². The summed E-state index contributed by atoms with van der Waals surface area (Å²) >= 11 is 0. The number of ether oxygens (including phenoxy) is 1. The standard InChI is InChI=1S/C8H13NO2/c1-4-6(7(9)5-2)8(10)11-3/h4H,1,5,9H2,2-3H3/b7-6-. The zero-order valence-electron chi connectivity index (χ0n) is 6.89. The highest BCUT2D eigenvalue weighted by molar-refractivity contribution is 5.92. The van der Waals surface area contributed by atoms with E-state index in [9.17, 15) is 4.79 Å². The van der Waals surface area contributed by atoms with E-state index in [-0.39, 0.29) is 0 Å². The maximum Gasteiger partial charge on any atom is 0.339 e. The van der Waals surface area contributed by atoms with E-state index in [2.05, 4.69) is 11.3 Å². The lowest BCUT2D eigenvalue weighted by molar-refractivity contribution is -0.135. The predicted molar refractivity (Wildman–Crippen MR) is 43.7 cm³/mol. The van der Waals surface area contributed by atoms with Gasteiger partial charge in [0.2, 0.25) is 0 Å². The Balaban J connectivity index is 4.64. The van der Waals surface area contributed by atoms with Gasteiger partial charge in [0, 0.05) is 5.70 Å². The van der Waals surface area contributed by atoms with Crippen LogP contribution in [0.25, 0.3) is 0 Å². The smallest absolute Gasteiger partial charge is 0.339 e. The molecule has 0 aliphatic carbocycles. The number of carbonyl (C=O) groups excluding carboxylic acids is 1. The molecule has 3 heteroatoms. The van der Waals surface area contributed by atoms with Gasteiger partial charge in [-0.3, -0.25) is 0 Å². The summed E-state index contributed by atoms with van der Waals surface area (Å²) in [6.45, 7) is 5.32. The zero-order chi connectivity index (χ0) is 8.85. The second-order valence-electron chi connectivity index (χ2n) is 1.99. The Labute approximate surface area is 66.5 Å². The molecule has 0 saturated carbocycles. The molecule has 0 bridgehead atoms. The summed E-state index contributed by atoms with van der Waals surface area (Å²) < 4.78 is 4.48. The molecule has 0 rings (SSSR count). The lowest BCUT2D eigenvalue weighted by Gasteiger charge is -2.02. The van der Waals surface area contributed by atoms with Crippen molar-refractivity contribution < 1.29 is 9.53 Å². The summed E-state index contributed by atoms with van der Waals surface area (Å²) in [5, 5.41) is 0. The minimum absolute atomic E-state index is 0.356. The first kappa shape index (κ1) is 9.75. The van der Waals surface area contributed by atoms with E-state index in [1.807, 2.05) is 6.92 Å². The topological polar surface area (TPSA) is 52.3 Å². The zero-order valence-corrected chi connectivity index (χ0v) is 6.89. The van der Waals surface area contributed by atoms with Gasteiger partial charge in [-0.1, -0.05) is 19.6 Å². The van der Waals surface area contributed by atoms with Crippen LogP contribution in [0.15, 0.2) is 23.9 Å². The van der Waals surface area contributed by atoms with Crippen molar-refractivity contribution in [3.8, 4) is 0 Å². The van der Waals surface area contributed by atoms with Crippen molar-refractivity contribution in [2.24, 2.45) is 5.73 Å². The van der Waals surface area contributed by atoms with Crippen LogP contribution >= 0.6 is 0 Å². The molecule has 0 saturated heterocycles. The van der Waals surface area contributed by atoms with Crippen molar-refractivity contribution in [3.63, 3.8) is 0 Å². The lowest BCUT2D eigenvalue weighted by Crippen LogP contribution is -2.10. The Morgan fingerprint density at radius 3 is 2.55 bits per heavy atom. The molecule has 0 fully saturated rings. The first-order valence-corrected chi connectivity index (χ1v) is 3.36. The second kappa shape index (κ2) is 4.55. The molecule has 2 N–H and O–H groups in total. The molecular formula is C8H13NO2. The van der Waals surface area contributed by atoms with Crippen LogP contribution < -0.4 is 5.73 Å². The number of nitrogens with two attached hydrogens (primary N) is 1. The highest BCUT2D eigenvalue weighted by atomic mass is 16.5. The van der Waals surface area contributed by atoms with E-state index in [1.54, 1.807) is 0 Å². The number of esters is 1. The molecule has 62 valence electrons. The number of rotatable bonds is 3. The van der Waals surface area contributed by atoms with E-state index in [0.29, 0.717) is 17.7 Å². The van der Waals surface area contributed by atoms with Gasteiger partial charge in [0.15, 0.2) is 0 Å². The highest BCUT2D eigenvalue weighted by Crippen LogP contribution is 2.05. The van der Waals surface area contributed by atoms with Gasteiger partial charge in [-0.15, -0.1) is 0 Å². The van der Waals surface area contributed by atoms with Crippen LogP contribution in [0.5, 0.6) is 0 Å². The summed E-state index contributed by atoms with van der Waals surface area (Å²) in [6.07, 6.45) is 2.03. The quantitative estimate of drug-likeness (QED) is 0.375. The molecule has 0 spiro atoms. The summed E-state index contributed by atoms with van der Waals surface area (Å²) in [5.74, 6) is -0.431. The van der Waals surface area contributed by atoms with Crippen LogP contribution in [-0.2, 0) is 9.53 Å². The molecule has 11 heavy (non-hydrogen) atoms. The number of hydrogen-bond acceptors (Lipinski definition) is 3. The van der Waals surface area contributed by atoms with Crippen molar-refractivity contribution in [2.45, 2.75) is 13.3 Å². The van der Waals surface area contributed by atoms with Gasteiger partial charge in [-0.05, 0) is 6.42 Å². The third-order valence-electron chi connectivity index (χ3n) is 1.34. The van der Waals surface area contributed by atoms with Crippen LogP contribution in [0.2, 0.25) is 0 Å². The maximum absolute atomic E-state index is 10.9. The summed E-state index contributed by atoms with van der Waals surface area (Å²) in [5.41, 5.74) is 6.37. The predicted octanol–water partition coefficient (Wildman–Crippen LogP) is 0.968. The molecule has 0 aliphatic heterocycles. The summed E-state index contributed by atoms with van der Waals surface area (Å²) in [4.78, 5) is 10.9. The van der Waals surface area contributed by atoms with Crippen LogP contribution in [0.1, 0.15) is 13.3 Å². The lowest BCUT2D eigenvalue weighted by atomic mass is 10.2. The van der Waals surface area contributed by atoms with Crippen LogP contribution in [-0.4, -0.2) is 13.1 Å². The average molecular weight is 155 g/mol. The maximum atomic E-state index is 10.9. The van der Waals surface area contributed by atoms with Gasteiger partial charge >= 0.3 is 5.97 Å². The van der Waals surface area contributed by atoms with E-state index in [1.165, 1.54) is 13.2 Å². The molecule has 0 unspecified atom stereocenters. The van der Waals surface area contributed by atoms with Crippen LogP contribution in [0, 0.1) is 0 Å². The molecule has 0 atom stereocenters. The Morgan fingerprint density at radius 1 is 1.73 bits per heavy atom. The average Bonchev–Trinajstić information content (AvgIpc) is 2.05. The van der Waals surface area contributed by atoms with Gasteiger partial charge < -0.3 is 10.5 Å². The largest absolute Gasteiger partial charge is 0.465 e. The first-order valence-electron chi connectivity index (χ1n) is 3.36. The van der Waals surface area contributed by atoms with Gasteiger partial charge in [0.05, 0.1) is 12.7 Å². The minimum atomic E-state index is -0.431. The Bertz CT molecular complexity index is 194. The van der Waals surface area contributed by atoms with Crippen LogP contribution in [0.4, 0.5) is 0 Å². The van der Waals surface area contributed by atoms with E-state index in [4.69, 9.17) is 5.73 Å². The fourth-order valence-corrected chi connectivity index (χ4v) is 0.646. The fraction of sp³-hybridized carbons (Fsp3) is 0.375. The Morgan fingerprint density at radius 2 is 2.27 bits per heavy atom. The third kappa shape index (κ3) is 2.45. The number of carbonyl (C=O) groups is 1. The van der Waals surface area contributed by atoms with Gasteiger partial charge in [-0.25, -0.2) is 4.79 Å². The molecule has 0 aliphatic rings. The van der Waals surface area contributed by atoms with Crippen LogP contribution in [0.3, 0.4) is 0 Å². The summed E-state index contributed by atoms with van der Waals surface area (Å²) in [7, 11) is 1.31. The van der Waals surface area contributed by atoms with E-state index >= 15 is 0 Å². The number of allylic oxidation sites excluding steroid dienone is 1. The van der Waals surface area contributed by atoms with E-state index < -0.39 is 5.97 Å². The Kier molecular flexibility index (Phi) is 4.03. The number of methoxy groups -OCH3 is 1. The molecule has 0 radical (unpaired) electrons. The molecular weight excluding hydrogens is 142 g/mol. The molecule has 0 amide bonds. The Hall–Kier alpha value is -1.25. The second-order valence-corrected chi connectivity index (χ2v) is 1.99.